The van der Waals surface area contributed by atoms with Crippen LogP contribution in [0.2, 0.25) is 0 Å². The van der Waals surface area contributed by atoms with E-state index in [4.69, 9.17) is 9.84 Å². The molecule has 0 unspecified atom stereocenters. The second-order valence-corrected chi connectivity index (χ2v) is 8.71. The fraction of sp³-hybridized carbons (Fsp3) is 0.556. The lowest BCUT2D eigenvalue weighted by Gasteiger charge is -2.37. The summed E-state index contributed by atoms with van der Waals surface area (Å²) in [6, 6.07) is 7.17. The summed E-state index contributed by atoms with van der Waals surface area (Å²) < 4.78 is 30.2. The Bertz CT molecular complexity index is 772. The Morgan fingerprint density at radius 3 is 2.52 bits per heavy atom. The van der Waals surface area contributed by atoms with Crippen LogP contribution in [0, 0.1) is 6.92 Å². The minimum atomic E-state index is -3.27. The van der Waals surface area contributed by atoms with Crippen LogP contribution in [-0.2, 0) is 19.6 Å². The summed E-state index contributed by atoms with van der Waals surface area (Å²) >= 11 is 0. The molecular formula is C18H26N2O6S. The van der Waals surface area contributed by atoms with Crippen LogP contribution in [0.25, 0.3) is 0 Å². The number of amides is 1. The molecule has 1 aliphatic heterocycles. The molecule has 1 N–H and O–H groups in total. The van der Waals surface area contributed by atoms with Crippen molar-refractivity contribution >= 4 is 21.9 Å². The number of nitrogens with zero attached hydrogens (tertiary/aromatic N) is 2. The van der Waals surface area contributed by atoms with Crippen molar-refractivity contribution in [3.8, 4) is 5.75 Å². The highest BCUT2D eigenvalue weighted by Crippen LogP contribution is 2.20. The molecule has 27 heavy (non-hydrogen) atoms. The van der Waals surface area contributed by atoms with Crippen molar-refractivity contribution in [2.75, 3.05) is 32.5 Å². The highest BCUT2D eigenvalue weighted by atomic mass is 32.2. The van der Waals surface area contributed by atoms with Crippen molar-refractivity contribution in [1.29, 1.82) is 0 Å². The molecule has 0 aromatic heterocycles. The van der Waals surface area contributed by atoms with E-state index in [2.05, 4.69) is 0 Å². The third kappa shape index (κ3) is 6.51. The number of piperidine rings is 1. The molecule has 0 bridgehead atoms. The molecule has 0 radical (unpaired) electrons. The predicted molar refractivity (Wildman–Crippen MR) is 100 cm³/mol. The maximum absolute atomic E-state index is 12.6. The van der Waals surface area contributed by atoms with E-state index in [0.717, 1.165) is 11.8 Å². The van der Waals surface area contributed by atoms with E-state index in [0.29, 0.717) is 18.6 Å². The molecule has 150 valence electrons. The van der Waals surface area contributed by atoms with E-state index < -0.39 is 22.5 Å². The van der Waals surface area contributed by atoms with E-state index in [1.165, 1.54) is 9.21 Å². The molecule has 1 aromatic rings. The van der Waals surface area contributed by atoms with Gasteiger partial charge in [-0.1, -0.05) is 12.1 Å². The Morgan fingerprint density at radius 1 is 1.30 bits per heavy atom. The Balaban J connectivity index is 1.92. The first kappa shape index (κ1) is 21.2. The minimum absolute atomic E-state index is 0.0630. The molecule has 1 aromatic carbocycles. The van der Waals surface area contributed by atoms with Crippen molar-refractivity contribution in [2.24, 2.45) is 0 Å². The quantitative estimate of drug-likeness (QED) is 0.703. The summed E-state index contributed by atoms with van der Waals surface area (Å²) in [6.45, 7) is 2.27. The maximum atomic E-state index is 12.6. The van der Waals surface area contributed by atoms with Crippen molar-refractivity contribution in [2.45, 2.75) is 32.2 Å². The largest absolute Gasteiger partial charge is 0.493 e. The first-order valence-corrected chi connectivity index (χ1v) is 10.7. The number of sulfonamides is 1. The zero-order valence-electron chi connectivity index (χ0n) is 15.6. The topological polar surface area (TPSA) is 104 Å². The number of aryl methyl sites for hydroxylation is 1. The maximum Gasteiger partial charge on any atom is 0.323 e. The van der Waals surface area contributed by atoms with Crippen molar-refractivity contribution in [1.82, 2.24) is 9.21 Å². The number of carbonyl (C=O) groups excluding carboxylic acids is 1. The lowest BCUT2D eigenvalue weighted by molar-refractivity contribution is -0.147. The molecule has 9 heteroatoms. The van der Waals surface area contributed by atoms with Gasteiger partial charge in [0.2, 0.25) is 15.9 Å². The molecule has 1 saturated heterocycles. The van der Waals surface area contributed by atoms with E-state index in [1.54, 1.807) is 6.07 Å². The van der Waals surface area contributed by atoms with Crippen LogP contribution in [0.1, 0.15) is 24.8 Å². The summed E-state index contributed by atoms with van der Waals surface area (Å²) in [6.07, 6.45) is 2.05. The van der Waals surface area contributed by atoms with Crippen LogP contribution in [0.3, 0.4) is 0 Å². The van der Waals surface area contributed by atoms with Gasteiger partial charge in [0, 0.05) is 19.1 Å². The molecule has 0 aliphatic carbocycles. The van der Waals surface area contributed by atoms with Crippen molar-refractivity contribution < 1.29 is 27.9 Å². The molecule has 1 aliphatic rings. The van der Waals surface area contributed by atoms with Gasteiger partial charge in [-0.25, -0.2) is 12.7 Å². The number of hydrogen-bond donors (Lipinski definition) is 1. The molecule has 0 atom stereocenters. The van der Waals surface area contributed by atoms with E-state index in [-0.39, 0.29) is 38.1 Å². The standard InChI is InChI=1S/C18H26N2O6S/c1-14-4-3-5-16(12-14)26-11-8-17(21)20(13-18(22)23)15-6-9-19(10-7-15)27(2,24)25/h3-5,12,15H,6-11,13H2,1-2H3,(H,22,23). The van der Waals surface area contributed by atoms with E-state index in [1.807, 2.05) is 25.1 Å². The summed E-state index contributed by atoms with van der Waals surface area (Å²) in [5.41, 5.74) is 1.05. The highest BCUT2D eigenvalue weighted by molar-refractivity contribution is 7.88. The molecule has 0 saturated carbocycles. The fourth-order valence-electron chi connectivity index (χ4n) is 3.16. The zero-order chi connectivity index (χ0) is 20.0. The summed E-state index contributed by atoms with van der Waals surface area (Å²) in [5.74, 6) is -0.731. The number of benzene rings is 1. The molecule has 8 nitrogen and oxygen atoms in total. The minimum Gasteiger partial charge on any atom is -0.493 e. The molecule has 1 fully saturated rings. The normalized spacial score (nSPS) is 16.1. The third-order valence-corrected chi connectivity index (χ3v) is 5.84. The van der Waals surface area contributed by atoms with Crippen LogP contribution >= 0.6 is 0 Å². The van der Waals surface area contributed by atoms with Crippen LogP contribution in [0.4, 0.5) is 0 Å². The van der Waals surface area contributed by atoms with Crippen molar-refractivity contribution in [3.05, 3.63) is 29.8 Å². The second kappa shape index (κ2) is 9.18. The lowest BCUT2D eigenvalue weighted by atomic mass is 10.0. The summed E-state index contributed by atoms with van der Waals surface area (Å²) in [4.78, 5) is 25.1. The van der Waals surface area contributed by atoms with Crippen LogP contribution < -0.4 is 4.74 Å². The smallest absolute Gasteiger partial charge is 0.323 e. The average Bonchev–Trinajstić information content (AvgIpc) is 2.59. The monoisotopic (exact) mass is 398 g/mol. The fourth-order valence-corrected chi connectivity index (χ4v) is 4.03. The van der Waals surface area contributed by atoms with Crippen molar-refractivity contribution in [3.63, 3.8) is 0 Å². The Labute approximate surface area is 159 Å². The first-order valence-electron chi connectivity index (χ1n) is 8.82. The highest BCUT2D eigenvalue weighted by Gasteiger charge is 2.31. The summed E-state index contributed by atoms with van der Waals surface area (Å²) in [5, 5.41) is 9.15. The van der Waals surface area contributed by atoms with Crippen LogP contribution in [-0.4, -0.2) is 73.1 Å². The number of ether oxygens (including phenoxy) is 1. The number of hydrogen-bond acceptors (Lipinski definition) is 5. The van der Waals surface area contributed by atoms with Gasteiger partial charge in [-0.15, -0.1) is 0 Å². The number of carboxylic acid groups (broad SMARTS) is 1. The average molecular weight is 398 g/mol. The van der Waals surface area contributed by atoms with Gasteiger partial charge in [-0.05, 0) is 37.5 Å². The lowest BCUT2D eigenvalue weighted by Crippen LogP contribution is -2.50. The Hall–Kier alpha value is -2.13. The van der Waals surface area contributed by atoms with Gasteiger partial charge in [0.25, 0.3) is 0 Å². The number of aliphatic carboxylic acids is 1. The molecule has 1 amide bonds. The SMILES string of the molecule is Cc1cccc(OCCC(=O)N(CC(=O)O)C2CCN(S(C)(=O)=O)CC2)c1. The first-order chi connectivity index (χ1) is 12.7. The summed E-state index contributed by atoms with van der Waals surface area (Å²) in [7, 11) is -3.27. The molecule has 2 rings (SSSR count). The van der Waals surface area contributed by atoms with E-state index >= 15 is 0 Å². The van der Waals surface area contributed by atoms with Gasteiger partial charge in [-0.2, -0.15) is 0 Å². The molecule has 1 heterocycles. The van der Waals surface area contributed by atoms with Gasteiger partial charge in [-0.3, -0.25) is 9.59 Å². The van der Waals surface area contributed by atoms with Gasteiger partial charge < -0.3 is 14.7 Å². The molecular weight excluding hydrogens is 372 g/mol. The zero-order valence-corrected chi connectivity index (χ0v) is 16.4. The number of carbonyl (C=O) groups is 2. The van der Waals surface area contributed by atoms with Crippen LogP contribution in [0.5, 0.6) is 5.75 Å². The molecule has 0 spiro atoms. The second-order valence-electron chi connectivity index (χ2n) is 6.72. The number of carboxylic acids is 1. The predicted octanol–water partition coefficient (Wildman–Crippen LogP) is 1.10. The third-order valence-electron chi connectivity index (χ3n) is 4.53. The Kier molecular flexibility index (Phi) is 7.20. The van der Waals surface area contributed by atoms with E-state index in [9.17, 15) is 18.0 Å². The Morgan fingerprint density at radius 2 is 1.96 bits per heavy atom. The van der Waals surface area contributed by atoms with Crippen LogP contribution in [0.15, 0.2) is 24.3 Å². The van der Waals surface area contributed by atoms with Gasteiger partial charge in [0.15, 0.2) is 0 Å². The number of rotatable bonds is 8. The van der Waals surface area contributed by atoms with Gasteiger partial charge >= 0.3 is 5.97 Å². The van der Waals surface area contributed by atoms with Gasteiger partial charge in [0.05, 0.1) is 19.3 Å². The van der Waals surface area contributed by atoms with Gasteiger partial charge in [0.1, 0.15) is 12.3 Å².